The lowest BCUT2D eigenvalue weighted by atomic mass is 10.1. The number of carbonyl (C=O) groups is 1. The van der Waals surface area contributed by atoms with Crippen LogP contribution in [0.5, 0.6) is 0 Å². The summed E-state index contributed by atoms with van der Waals surface area (Å²) in [5.41, 5.74) is -0.443. The van der Waals surface area contributed by atoms with Gasteiger partial charge in [0.05, 0.1) is 0 Å². The molecule has 1 saturated heterocycles. The molecule has 1 fully saturated rings. The van der Waals surface area contributed by atoms with Crippen molar-refractivity contribution in [1.82, 2.24) is 15.5 Å². The molecule has 0 aromatic rings. The van der Waals surface area contributed by atoms with E-state index in [1.54, 1.807) is 11.1 Å². The number of carbonyl (C=O) groups excluding carboxylic acids is 1. The van der Waals surface area contributed by atoms with Gasteiger partial charge in [-0.2, -0.15) is 0 Å². The SMILES string of the molecule is C=CNC(=NCC)NC1CCN(C(=O)OC(C)(C)C)CC1. The van der Waals surface area contributed by atoms with E-state index in [9.17, 15) is 4.79 Å². The van der Waals surface area contributed by atoms with Gasteiger partial charge >= 0.3 is 6.09 Å². The predicted octanol–water partition coefficient (Wildman–Crippen LogP) is 2.08. The van der Waals surface area contributed by atoms with Crippen molar-refractivity contribution < 1.29 is 9.53 Å². The number of hydrogen-bond donors (Lipinski definition) is 2. The van der Waals surface area contributed by atoms with E-state index in [-0.39, 0.29) is 6.09 Å². The van der Waals surface area contributed by atoms with Gasteiger partial charge in [-0.05, 0) is 46.7 Å². The highest BCUT2D eigenvalue weighted by atomic mass is 16.6. The molecule has 6 heteroatoms. The fraction of sp³-hybridized carbons (Fsp3) is 0.733. The van der Waals surface area contributed by atoms with Crippen LogP contribution in [0.3, 0.4) is 0 Å². The molecule has 1 heterocycles. The Kier molecular flexibility index (Phi) is 6.52. The zero-order chi connectivity index (χ0) is 15.9. The number of nitrogens with zero attached hydrogens (tertiary/aromatic N) is 2. The summed E-state index contributed by atoms with van der Waals surface area (Å²) in [6, 6.07) is 0.307. The quantitative estimate of drug-likeness (QED) is 0.618. The summed E-state index contributed by atoms with van der Waals surface area (Å²) in [5.74, 6) is 0.739. The maximum atomic E-state index is 12.0. The number of aliphatic imine (C=N–C) groups is 1. The molecule has 120 valence electrons. The smallest absolute Gasteiger partial charge is 0.410 e. The zero-order valence-electron chi connectivity index (χ0n) is 13.6. The van der Waals surface area contributed by atoms with Gasteiger partial charge in [0.15, 0.2) is 5.96 Å². The Labute approximate surface area is 127 Å². The van der Waals surface area contributed by atoms with Gasteiger partial charge in [-0.25, -0.2) is 4.79 Å². The third-order valence-corrected chi connectivity index (χ3v) is 3.04. The number of rotatable bonds is 3. The second-order valence-corrected chi connectivity index (χ2v) is 6.06. The van der Waals surface area contributed by atoms with Crippen LogP contribution < -0.4 is 10.6 Å². The topological polar surface area (TPSA) is 66.0 Å². The minimum atomic E-state index is -0.443. The Morgan fingerprint density at radius 1 is 1.43 bits per heavy atom. The van der Waals surface area contributed by atoms with E-state index < -0.39 is 5.60 Å². The fourth-order valence-corrected chi connectivity index (χ4v) is 2.11. The van der Waals surface area contributed by atoms with Crippen LogP contribution in [0, 0.1) is 0 Å². The molecule has 1 amide bonds. The largest absolute Gasteiger partial charge is 0.444 e. The van der Waals surface area contributed by atoms with Crippen molar-refractivity contribution in [1.29, 1.82) is 0 Å². The summed E-state index contributed by atoms with van der Waals surface area (Å²) < 4.78 is 5.39. The maximum absolute atomic E-state index is 12.0. The monoisotopic (exact) mass is 296 g/mol. The Bertz CT molecular complexity index is 380. The molecular weight excluding hydrogens is 268 g/mol. The van der Waals surface area contributed by atoms with Crippen LogP contribution in [0.1, 0.15) is 40.5 Å². The number of guanidine groups is 1. The molecule has 0 unspecified atom stereocenters. The number of ether oxygens (including phenoxy) is 1. The van der Waals surface area contributed by atoms with Gasteiger partial charge in [0.25, 0.3) is 0 Å². The first-order chi connectivity index (χ1) is 9.85. The molecule has 2 N–H and O–H groups in total. The van der Waals surface area contributed by atoms with Crippen LogP contribution in [0.4, 0.5) is 4.79 Å². The second kappa shape index (κ2) is 7.90. The van der Waals surface area contributed by atoms with E-state index in [1.807, 2.05) is 27.7 Å². The van der Waals surface area contributed by atoms with E-state index in [4.69, 9.17) is 4.74 Å². The Hall–Kier alpha value is -1.72. The van der Waals surface area contributed by atoms with Crippen LogP contribution in [-0.4, -0.2) is 48.2 Å². The van der Waals surface area contributed by atoms with E-state index in [0.29, 0.717) is 25.7 Å². The summed E-state index contributed by atoms with van der Waals surface area (Å²) in [4.78, 5) is 18.1. The van der Waals surface area contributed by atoms with Crippen molar-refractivity contribution in [2.75, 3.05) is 19.6 Å². The molecule has 0 aromatic carbocycles. The first-order valence-electron chi connectivity index (χ1n) is 7.52. The summed E-state index contributed by atoms with van der Waals surface area (Å²) >= 11 is 0. The van der Waals surface area contributed by atoms with Crippen molar-refractivity contribution in [3.05, 3.63) is 12.8 Å². The summed E-state index contributed by atoms with van der Waals surface area (Å²) in [5, 5.41) is 6.35. The van der Waals surface area contributed by atoms with Crippen LogP contribution in [0.25, 0.3) is 0 Å². The third-order valence-electron chi connectivity index (χ3n) is 3.04. The molecule has 0 spiro atoms. The van der Waals surface area contributed by atoms with E-state index >= 15 is 0 Å². The van der Waals surface area contributed by atoms with Gasteiger partial charge in [-0.3, -0.25) is 4.99 Å². The first-order valence-corrected chi connectivity index (χ1v) is 7.52. The van der Waals surface area contributed by atoms with Crippen molar-refractivity contribution in [3.8, 4) is 0 Å². The Morgan fingerprint density at radius 2 is 2.05 bits per heavy atom. The lowest BCUT2D eigenvalue weighted by molar-refractivity contribution is 0.0202. The molecule has 1 aliphatic rings. The highest BCUT2D eigenvalue weighted by Gasteiger charge is 2.27. The molecule has 0 radical (unpaired) electrons. The average Bonchev–Trinajstić information content (AvgIpc) is 2.38. The molecule has 0 atom stereocenters. The fourth-order valence-electron chi connectivity index (χ4n) is 2.11. The lowest BCUT2D eigenvalue weighted by Gasteiger charge is -2.34. The molecule has 21 heavy (non-hydrogen) atoms. The summed E-state index contributed by atoms with van der Waals surface area (Å²) in [6.07, 6.45) is 3.13. The molecule has 0 aromatic heterocycles. The Balaban J connectivity index is 2.43. The van der Waals surface area contributed by atoms with Gasteiger partial charge in [-0.15, -0.1) is 0 Å². The van der Waals surface area contributed by atoms with E-state index in [0.717, 1.165) is 18.8 Å². The number of piperidine rings is 1. The number of amides is 1. The number of nitrogens with one attached hydrogen (secondary N) is 2. The van der Waals surface area contributed by atoms with E-state index in [2.05, 4.69) is 22.2 Å². The molecule has 1 rings (SSSR count). The third kappa shape index (κ3) is 6.51. The molecule has 0 bridgehead atoms. The summed E-state index contributed by atoms with van der Waals surface area (Å²) in [7, 11) is 0. The van der Waals surface area contributed by atoms with Gasteiger partial charge in [0.1, 0.15) is 5.60 Å². The van der Waals surface area contributed by atoms with Crippen LogP contribution in [0.15, 0.2) is 17.8 Å². The van der Waals surface area contributed by atoms with Crippen molar-refractivity contribution in [3.63, 3.8) is 0 Å². The van der Waals surface area contributed by atoms with Crippen LogP contribution >= 0.6 is 0 Å². The molecular formula is C15H28N4O2. The van der Waals surface area contributed by atoms with Gasteiger partial charge < -0.3 is 20.3 Å². The predicted molar refractivity (Wildman–Crippen MR) is 85.3 cm³/mol. The maximum Gasteiger partial charge on any atom is 0.410 e. The van der Waals surface area contributed by atoms with Gasteiger partial charge in [0.2, 0.25) is 0 Å². The van der Waals surface area contributed by atoms with Crippen LogP contribution in [0.2, 0.25) is 0 Å². The van der Waals surface area contributed by atoms with Crippen LogP contribution in [-0.2, 0) is 4.74 Å². The second-order valence-electron chi connectivity index (χ2n) is 6.06. The van der Waals surface area contributed by atoms with Crippen molar-refractivity contribution in [2.24, 2.45) is 4.99 Å². The Morgan fingerprint density at radius 3 is 2.52 bits per heavy atom. The van der Waals surface area contributed by atoms with Gasteiger partial charge in [0, 0.05) is 25.7 Å². The molecule has 6 nitrogen and oxygen atoms in total. The summed E-state index contributed by atoms with van der Waals surface area (Å²) in [6.45, 7) is 13.4. The molecule has 0 saturated carbocycles. The van der Waals surface area contributed by atoms with E-state index in [1.165, 1.54) is 0 Å². The molecule has 0 aliphatic carbocycles. The number of hydrogen-bond acceptors (Lipinski definition) is 3. The number of likely N-dealkylation sites (tertiary alicyclic amines) is 1. The van der Waals surface area contributed by atoms with Crippen molar-refractivity contribution in [2.45, 2.75) is 52.2 Å². The minimum absolute atomic E-state index is 0.229. The lowest BCUT2D eigenvalue weighted by Crippen LogP contribution is -2.49. The average molecular weight is 296 g/mol. The molecule has 1 aliphatic heterocycles. The van der Waals surface area contributed by atoms with Crippen molar-refractivity contribution >= 4 is 12.1 Å². The standard InChI is InChI=1S/C15H28N4O2/c1-6-16-13(17-7-2)18-12-8-10-19(11-9-12)14(20)21-15(3,4)5/h6,12H,1,7-11H2,2-5H3,(H2,16,17,18). The normalized spacial score (nSPS) is 17.3. The minimum Gasteiger partial charge on any atom is -0.444 e. The first kappa shape index (κ1) is 17.3. The highest BCUT2D eigenvalue weighted by Crippen LogP contribution is 2.15. The van der Waals surface area contributed by atoms with Gasteiger partial charge in [-0.1, -0.05) is 6.58 Å². The zero-order valence-corrected chi connectivity index (χ0v) is 13.6. The highest BCUT2D eigenvalue weighted by molar-refractivity contribution is 5.81.